The van der Waals surface area contributed by atoms with Gasteiger partial charge in [0.1, 0.15) is 5.69 Å². The van der Waals surface area contributed by atoms with Crippen LogP contribution in [0.1, 0.15) is 47.8 Å². The highest BCUT2D eigenvalue weighted by Gasteiger charge is 2.35. The Balaban J connectivity index is 1.52. The van der Waals surface area contributed by atoms with Crippen LogP contribution in [-0.4, -0.2) is 39.1 Å². The Hall–Kier alpha value is -2.41. The van der Waals surface area contributed by atoms with E-state index in [9.17, 15) is 13.2 Å². The van der Waals surface area contributed by atoms with Crippen LogP contribution >= 0.6 is 0 Å². The Morgan fingerprint density at radius 1 is 1.18 bits per heavy atom. The monoisotopic (exact) mass is 388 g/mol. The molecule has 0 unspecified atom stereocenters. The number of nitrogens with zero attached hydrogens (tertiary/aromatic N) is 4. The molecular formula is C21H23F3N4. The largest absolute Gasteiger partial charge is 0.433 e. The lowest BCUT2D eigenvalue weighted by Crippen LogP contribution is -2.25. The molecule has 4 nitrogen and oxygen atoms in total. The molecule has 0 aliphatic carbocycles. The molecular weight excluding hydrogens is 365 g/mol. The number of alkyl halides is 3. The molecule has 3 aromatic rings. The molecule has 1 saturated heterocycles. The molecule has 2 aromatic heterocycles. The highest BCUT2D eigenvalue weighted by Crippen LogP contribution is 2.32. The second-order valence-electron chi connectivity index (χ2n) is 7.68. The van der Waals surface area contributed by atoms with Gasteiger partial charge in [-0.1, -0.05) is 37.3 Å². The van der Waals surface area contributed by atoms with Crippen LogP contribution in [-0.2, 0) is 6.18 Å². The molecule has 4 rings (SSSR count). The Bertz CT molecular complexity index is 965. The SMILES string of the molecule is Cc1cc(C(F)(F)F)n2nc([C@@H]3CCN(C[C@@H](C)c4ccccc4)C3)cc2n1. The molecule has 0 spiro atoms. The highest BCUT2D eigenvalue weighted by atomic mass is 19.4. The van der Waals surface area contributed by atoms with E-state index in [-0.39, 0.29) is 11.6 Å². The average molecular weight is 388 g/mol. The van der Waals surface area contributed by atoms with Gasteiger partial charge in [0.15, 0.2) is 5.65 Å². The minimum Gasteiger partial charge on any atom is -0.302 e. The number of benzene rings is 1. The molecule has 0 saturated carbocycles. The zero-order chi connectivity index (χ0) is 19.9. The first-order chi connectivity index (χ1) is 13.3. The molecule has 0 amide bonds. The lowest BCUT2D eigenvalue weighted by Gasteiger charge is -2.21. The van der Waals surface area contributed by atoms with Crippen LogP contribution in [0.25, 0.3) is 5.65 Å². The fourth-order valence-corrected chi connectivity index (χ4v) is 4.03. The summed E-state index contributed by atoms with van der Waals surface area (Å²) in [4.78, 5) is 6.61. The van der Waals surface area contributed by atoms with E-state index in [0.717, 1.165) is 36.6 Å². The van der Waals surface area contributed by atoms with Crippen molar-refractivity contribution < 1.29 is 13.2 Å². The smallest absolute Gasteiger partial charge is 0.302 e. The zero-order valence-electron chi connectivity index (χ0n) is 15.9. The fourth-order valence-electron chi connectivity index (χ4n) is 4.03. The first-order valence-corrected chi connectivity index (χ1v) is 9.53. The van der Waals surface area contributed by atoms with E-state index in [1.165, 1.54) is 5.56 Å². The van der Waals surface area contributed by atoms with Gasteiger partial charge < -0.3 is 4.90 Å². The highest BCUT2D eigenvalue weighted by molar-refractivity contribution is 5.43. The number of aromatic nitrogens is 3. The molecule has 1 aromatic carbocycles. The molecule has 3 heterocycles. The van der Waals surface area contributed by atoms with Crippen LogP contribution in [0.4, 0.5) is 13.2 Å². The number of hydrogen-bond donors (Lipinski definition) is 0. The van der Waals surface area contributed by atoms with E-state index in [4.69, 9.17) is 0 Å². The predicted octanol–water partition coefficient (Wildman–Crippen LogP) is 4.65. The van der Waals surface area contributed by atoms with Crippen molar-refractivity contribution in [1.29, 1.82) is 0 Å². The molecule has 7 heteroatoms. The predicted molar refractivity (Wildman–Crippen MR) is 101 cm³/mol. The van der Waals surface area contributed by atoms with Gasteiger partial charge in [-0.3, -0.25) is 0 Å². The van der Waals surface area contributed by atoms with Gasteiger partial charge in [-0.05, 0) is 37.4 Å². The molecule has 148 valence electrons. The van der Waals surface area contributed by atoms with Crippen LogP contribution in [0, 0.1) is 6.92 Å². The molecule has 1 fully saturated rings. The van der Waals surface area contributed by atoms with Crippen LogP contribution in [0.3, 0.4) is 0 Å². The van der Waals surface area contributed by atoms with Gasteiger partial charge in [0.05, 0.1) is 5.69 Å². The number of aryl methyl sites for hydroxylation is 1. The van der Waals surface area contributed by atoms with Crippen molar-refractivity contribution in [3.8, 4) is 0 Å². The Kier molecular flexibility index (Phi) is 4.87. The average Bonchev–Trinajstić information content (AvgIpc) is 3.27. The third-order valence-electron chi connectivity index (χ3n) is 5.46. The van der Waals surface area contributed by atoms with Gasteiger partial charge in [0.25, 0.3) is 0 Å². The number of halogens is 3. The summed E-state index contributed by atoms with van der Waals surface area (Å²) in [7, 11) is 0. The van der Waals surface area contributed by atoms with Gasteiger partial charge in [-0.15, -0.1) is 0 Å². The molecule has 28 heavy (non-hydrogen) atoms. The molecule has 0 radical (unpaired) electrons. The van der Waals surface area contributed by atoms with Crippen molar-refractivity contribution in [3.63, 3.8) is 0 Å². The first kappa shape index (κ1) is 18.9. The Morgan fingerprint density at radius 3 is 2.64 bits per heavy atom. The van der Waals surface area contributed by atoms with Crippen LogP contribution in [0.5, 0.6) is 0 Å². The summed E-state index contributed by atoms with van der Waals surface area (Å²) >= 11 is 0. The van der Waals surface area contributed by atoms with Crippen LogP contribution in [0.2, 0.25) is 0 Å². The number of rotatable bonds is 4. The topological polar surface area (TPSA) is 33.4 Å². The standard InChI is InChI=1S/C21H23F3N4/c1-14(16-6-4-3-5-7-16)12-27-9-8-17(13-27)18-11-20-25-15(2)10-19(21(22,23)24)28(20)26-18/h3-7,10-11,14,17H,8-9,12-13H2,1-2H3/t14-,17-/m1/s1. The van der Waals surface area contributed by atoms with Crippen molar-refractivity contribution in [3.05, 3.63) is 65.1 Å². The molecule has 2 atom stereocenters. The number of likely N-dealkylation sites (tertiary alicyclic amines) is 1. The third-order valence-corrected chi connectivity index (χ3v) is 5.46. The second kappa shape index (κ2) is 7.20. The first-order valence-electron chi connectivity index (χ1n) is 9.53. The van der Waals surface area contributed by atoms with E-state index in [2.05, 4.69) is 34.0 Å². The van der Waals surface area contributed by atoms with E-state index in [1.54, 1.807) is 13.0 Å². The third kappa shape index (κ3) is 3.76. The van der Waals surface area contributed by atoms with Gasteiger partial charge in [-0.2, -0.15) is 18.3 Å². The summed E-state index contributed by atoms with van der Waals surface area (Å²) in [6, 6.07) is 13.1. The van der Waals surface area contributed by atoms with E-state index in [1.807, 2.05) is 18.2 Å². The lowest BCUT2D eigenvalue weighted by atomic mass is 10.0. The van der Waals surface area contributed by atoms with Crippen molar-refractivity contribution in [2.24, 2.45) is 0 Å². The van der Waals surface area contributed by atoms with Gasteiger partial charge in [0, 0.05) is 30.8 Å². The Morgan fingerprint density at radius 2 is 1.93 bits per heavy atom. The lowest BCUT2D eigenvalue weighted by molar-refractivity contribution is -0.142. The van der Waals surface area contributed by atoms with Gasteiger partial charge in [-0.25, -0.2) is 9.50 Å². The maximum Gasteiger partial charge on any atom is 0.433 e. The van der Waals surface area contributed by atoms with E-state index < -0.39 is 11.9 Å². The number of fused-ring (bicyclic) bond motifs is 1. The zero-order valence-corrected chi connectivity index (χ0v) is 15.9. The maximum absolute atomic E-state index is 13.4. The van der Waals surface area contributed by atoms with E-state index >= 15 is 0 Å². The minimum atomic E-state index is -4.46. The van der Waals surface area contributed by atoms with E-state index in [0.29, 0.717) is 17.3 Å². The molecule has 0 bridgehead atoms. The van der Waals surface area contributed by atoms with Crippen LogP contribution in [0.15, 0.2) is 42.5 Å². The summed E-state index contributed by atoms with van der Waals surface area (Å²) in [6.45, 7) is 6.44. The molecule has 0 N–H and O–H groups in total. The Labute approximate surface area is 162 Å². The summed E-state index contributed by atoms with van der Waals surface area (Å²) in [6.07, 6.45) is -3.56. The number of hydrogen-bond acceptors (Lipinski definition) is 3. The normalized spacial score (nSPS) is 19.4. The van der Waals surface area contributed by atoms with Crippen LogP contribution < -0.4 is 0 Å². The second-order valence-corrected chi connectivity index (χ2v) is 7.68. The summed E-state index contributed by atoms with van der Waals surface area (Å²) in [5, 5.41) is 4.28. The van der Waals surface area contributed by atoms with Crippen molar-refractivity contribution in [2.75, 3.05) is 19.6 Å². The molecule has 1 aliphatic rings. The quantitative estimate of drug-likeness (QED) is 0.652. The van der Waals surface area contributed by atoms with Gasteiger partial charge in [0.2, 0.25) is 0 Å². The van der Waals surface area contributed by atoms with Gasteiger partial charge >= 0.3 is 6.18 Å². The summed E-state index contributed by atoms with van der Waals surface area (Å²) in [5.74, 6) is 0.535. The molecule has 1 aliphatic heterocycles. The van der Waals surface area contributed by atoms with Crippen molar-refractivity contribution >= 4 is 5.65 Å². The maximum atomic E-state index is 13.4. The van der Waals surface area contributed by atoms with Crippen molar-refractivity contribution in [2.45, 2.75) is 38.3 Å². The summed E-state index contributed by atoms with van der Waals surface area (Å²) < 4.78 is 41.0. The van der Waals surface area contributed by atoms with Crippen molar-refractivity contribution in [1.82, 2.24) is 19.5 Å². The summed E-state index contributed by atoms with van der Waals surface area (Å²) in [5.41, 5.74) is 1.83. The fraction of sp³-hybridized carbons (Fsp3) is 0.429. The minimum absolute atomic E-state index is 0.131.